The van der Waals surface area contributed by atoms with Crippen LogP contribution in [0.5, 0.6) is 12.0 Å². The molecule has 0 unspecified atom stereocenters. The number of aromatic amines is 2. The minimum atomic E-state index is -1.78. The number of aromatic nitrogens is 6. The topological polar surface area (TPSA) is 474 Å². The molecular weight excluding hydrogens is 1260 g/mol. The van der Waals surface area contributed by atoms with Gasteiger partial charge in [-0.05, 0) is 58.7 Å². The van der Waals surface area contributed by atoms with Gasteiger partial charge < -0.3 is 116 Å². The number of aromatic carboxylic acids is 1. The molecule has 8 heterocycles. The molecule has 4 aromatic carbocycles. The number of nitrogens with two attached hydrogens (primary N) is 1. The van der Waals surface area contributed by atoms with Gasteiger partial charge in [-0.2, -0.15) is 9.97 Å². The van der Waals surface area contributed by atoms with E-state index in [1.54, 1.807) is 60.7 Å². The maximum absolute atomic E-state index is 12.5. The second-order valence-electron chi connectivity index (χ2n) is 22.3. The number of H-pyrrole nitrogens is 2. The number of hydrogen-bond acceptors (Lipinski definition) is 25. The number of fused-ring (bicyclic) bond motifs is 4. The molecule has 29 nitrogen and oxygen atoms in total. The Labute approximate surface area is 538 Å². The van der Waals surface area contributed by atoms with Gasteiger partial charge in [0.25, 0.3) is 17.9 Å². The predicted octanol–water partition coefficient (Wildman–Crippen LogP) is -0.0527. The van der Waals surface area contributed by atoms with Gasteiger partial charge in [0.1, 0.15) is 73.2 Å². The number of carboxylic acid groups (broad SMARTS) is 1. The zero-order chi connectivity index (χ0) is 66.4. The number of carbonyl (C=O) groups is 2. The van der Waals surface area contributed by atoms with Crippen LogP contribution in [0.15, 0.2) is 109 Å². The molecule has 16 atom stereocenters. The maximum Gasteiger partial charge on any atom is 0.335 e. The summed E-state index contributed by atoms with van der Waals surface area (Å²) in [7, 11) is 0. The van der Waals surface area contributed by atoms with Crippen LogP contribution in [0, 0.1) is 0 Å². The fraction of sp³-hybridized carbons (Fsp3) is 0.387. The number of halogens is 2. The fourth-order valence-electron chi connectivity index (χ4n) is 10.6. The van der Waals surface area contributed by atoms with Crippen LogP contribution in [0.3, 0.4) is 0 Å². The van der Waals surface area contributed by atoms with Crippen molar-refractivity contribution in [2.45, 2.75) is 97.7 Å². The Bertz CT molecular complexity index is 3800. The van der Waals surface area contributed by atoms with Crippen LogP contribution in [0.1, 0.15) is 20.7 Å². The number of ether oxygens (including phenoxy) is 6. The highest BCUT2D eigenvalue weighted by atomic mass is 35.5. The van der Waals surface area contributed by atoms with Gasteiger partial charge in [-0.15, -0.1) is 0 Å². The summed E-state index contributed by atoms with van der Waals surface area (Å²) in [6, 6.07) is 32.6. The smallest absolute Gasteiger partial charge is 0.335 e. The molecular formula is C62H68Cl2N8O21. The molecule has 12 rings (SSSR count). The van der Waals surface area contributed by atoms with Crippen molar-refractivity contribution in [1.82, 2.24) is 35.2 Å². The number of pyridine rings is 2. The number of amides is 1. The first-order valence-corrected chi connectivity index (χ1v) is 30.0. The fourth-order valence-corrected chi connectivity index (χ4v) is 11.2. The van der Waals surface area contributed by atoms with Crippen LogP contribution in [0.2, 0.25) is 10.0 Å². The number of imidazole rings is 2. The summed E-state index contributed by atoms with van der Waals surface area (Å²) >= 11 is 13.1. The lowest BCUT2D eigenvalue weighted by Gasteiger charge is -2.25. The molecule has 0 bridgehead atoms. The van der Waals surface area contributed by atoms with Gasteiger partial charge in [-0.1, -0.05) is 96.0 Å². The molecule has 0 saturated carbocycles. The van der Waals surface area contributed by atoms with Gasteiger partial charge in [-0.3, -0.25) is 4.79 Å². The summed E-state index contributed by atoms with van der Waals surface area (Å²) in [5.74, 6) is -1.47. The van der Waals surface area contributed by atoms with Gasteiger partial charge in [0.15, 0.2) is 23.5 Å². The average Bonchev–Trinajstić information content (AvgIpc) is 1.73. The second kappa shape index (κ2) is 30.3. The van der Waals surface area contributed by atoms with Gasteiger partial charge in [0.2, 0.25) is 0 Å². The molecule has 0 radical (unpaired) electrons. The number of hydrogen-bond donors (Lipinski definition) is 17. The minimum Gasteiger partial charge on any atom is -0.478 e. The largest absolute Gasteiger partial charge is 0.478 e. The van der Waals surface area contributed by atoms with Crippen LogP contribution in [0.4, 0.5) is 0 Å². The van der Waals surface area contributed by atoms with E-state index in [1.807, 2.05) is 48.5 Å². The molecule has 496 valence electrons. The zero-order valence-electron chi connectivity index (χ0n) is 49.0. The first-order chi connectivity index (χ1) is 44.6. The lowest BCUT2D eigenvalue weighted by atomic mass is 10.0. The third-order valence-corrected chi connectivity index (χ3v) is 16.5. The number of aliphatic hydroxyl groups is 12. The molecule has 4 aliphatic rings. The Morgan fingerprint density at radius 3 is 1.26 bits per heavy atom. The first-order valence-electron chi connectivity index (χ1n) is 29.2. The van der Waals surface area contributed by atoms with Crippen molar-refractivity contribution in [2.24, 2.45) is 5.73 Å². The van der Waals surface area contributed by atoms with Crippen LogP contribution in [-0.4, -0.2) is 259 Å². The summed E-state index contributed by atoms with van der Waals surface area (Å²) in [5.41, 5.74) is 13.9. The van der Waals surface area contributed by atoms with Crippen molar-refractivity contribution in [1.29, 1.82) is 0 Å². The van der Waals surface area contributed by atoms with E-state index in [2.05, 4.69) is 35.2 Å². The van der Waals surface area contributed by atoms with Crippen molar-refractivity contribution >= 4 is 57.4 Å². The van der Waals surface area contributed by atoms with Crippen molar-refractivity contribution in [3.8, 4) is 56.8 Å². The highest BCUT2D eigenvalue weighted by Crippen LogP contribution is 2.36. The predicted molar refractivity (Wildman–Crippen MR) is 330 cm³/mol. The number of rotatable bonds is 21. The second-order valence-corrected chi connectivity index (χ2v) is 23.1. The van der Waals surface area contributed by atoms with Crippen molar-refractivity contribution in [3.63, 3.8) is 0 Å². The Kier molecular flexibility index (Phi) is 22.3. The quantitative estimate of drug-likeness (QED) is 0.0448. The number of carboxylic acids is 1. The van der Waals surface area contributed by atoms with Crippen molar-refractivity contribution < 1.29 is 104 Å². The van der Waals surface area contributed by atoms with Crippen LogP contribution >= 0.6 is 23.2 Å². The molecule has 18 N–H and O–H groups in total. The monoisotopic (exact) mass is 1330 g/mol. The Morgan fingerprint density at radius 1 is 0.516 bits per heavy atom. The summed E-state index contributed by atoms with van der Waals surface area (Å²) in [5, 5.41) is 124. The number of nitrogens with zero attached hydrogens (tertiary/aromatic N) is 4. The van der Waals surface area contributed by atoms with Gasteiger partial charge in [0, 0.05) is 29.8 Å². The minimum absolute atomic E-state index is 0.198. The van der Waals surface area contributed by atoms with Gasteiger partial charge in [0.05, 0.1) is 89.9 Å². The van der Waals surface area contributed by atoms with E-state index in [9.17, 15) is 40.2 Å². The molecule has 31 heteroatoms. The van der Waals surface area contributed by atoms with Crippen LogP contribution in [0.25, 0.3) is 67.1 Å². The highest BCUT2D eigenvalue weighted by Gasteiger charge is 2.50. The van der Waals surface area contributed by atoms with E-state index in [-0.39, 0.29) is 74.9 Å². The average molecular weight is 1330 g/mol. The zero-order valence-corrected chi connectivity index (χ0v) is 50.5. The van der Waals surface area contributed by atoms with Crippen molar-refractivity contribution in [3.05, 3.63) is 130 Å². The molecule has 8 aromatic rings. The number of aliphatic hydroxyl groups excluding tert-OH is 12. The Hall–Kier alpha value is -7.44. The van der Waals surface area contributed by atoms with E-state index in [4.69, 9.17) is 93.1 Å². The third kappa shape index (κ3) is 15.7. The lowest BCUT2D eigenvalue weighted by molar-refractivity contribution is -0.113. The van der Waals surface area contributed by atoms with E-state index in [1.165, 1.54) is 0 Å². The van der Waals surface area contributed by atoms with E-state index in [0.717, 1.165) is 33.4 Å². The maximum atomic E-state index is 12.5. The summed E-state index contributed by atoms with van der Waals surface area (Å²) in [6.45, 7) is -1.10. The first kappa shape index (κ1) is 68.4. The molecule has 0 aliphatic carbocycles. The van der Waals surface area contributed by atoms with E-state index in [0.29, 0.717) is 55.9 Å². The summed E-state index contributed by atoms with van der Waals surface area (Å²) in [6.07, 6.45) is -16.3. The van der Waals surface area contributed by atoms with Crippen LogP contribution < -0.4 is 20.5 Å². The number of nitrogens with one attached hydrogen (secondary N) is 3. The normalized spacial score (nSPS) is 23.3. The van der Waals surface area contributed by atoms with Crippen molar-refractivity contribution in [2.75, 3.05) is 52.7 Å². The SMILES string of the molecule is NC[C@H](O)[C@@H](O)[C@H](O)[C@H](O)CO.O=C(NC[C@H](O)[C@@H](O)[C@H](O)[C@H](O)CO)c1ccc(-c2ccc(-c3nc4nc(O[C@@H]5CO[C@H]6[C@@H]5OC[C@H]6O)[nH]c4cc3Cl)cc2)cc1.O=C(O)c1ccc(-c2ccc(-c3nc4nc(O[C@@H]5CO[C@H]6[C@@H]5OC[C@H]6O)[nH]c4cc3Cl)cc2)cc1. The standard InChI is InChI=1S/C31H33ClN4O10.C25H20ClN3O6.C6H15NO5/c32-18-9-19-29(36-31(34-19)46-23-13-45-27-22(40)12-44-28(23)27)35-24(18)16-5-1-14(2-6-16)15-3-7-17(8-4-15)30(43)33-10-20(38)25(41)26(42)21(39)11-37;26-16-9-17-23(29-25(27-17)35-19-11-34-21-18(30)10-33-22(19)21)28-20(16)14-5-1-12(2-6-14)13-3-7-15(8-4-13)24(31)32;7-1-3(9)5(11)6(12)4(10)2-8/h1-9,20-23,25-28,37-42H,10-13H2,(H,33,43)(H,34,35,36);1-9,18-19,21-22,30H,10-11H2,(H,31,32)(H,27,28,29);3-6,8-12H,1-2,7H2/t20-,21+,22+,23+,25+,26+,27+,28+;18-,19-,21-,22-;3-,4+,5+,6+/m010/s1. The number of carbonyl (C=O) groups excluding carboxylic acids is 1. The molecule has 1 amide bonds. The molecule has 4 aromatic heterocycles. The van der Waals surface area contributed by atoms with Gasteiger partial charge in [-0.25, -0.2) is 14.8 Å². The highest BCUT2D eigenvalue weighted by molar-refractivity contribution is 6.34. The molecule has 0 spiro atoms. The number of benzene rings is 4. The van der Waals surface area contributed by atoms with E-state index < -0.39 is 98.3 Å². The van der Waals surface area contributed by atoms with Crippen LogP contribution in [-0.2, 0) is 18.9 Å². The Balaban J connectivity index is 0.000000177. The Morgan fingerprint density at radius 2 is 0.871 bits per heavy atom. The third-order valence-electron chi connectivity index (χ3n) is 15.9. The summed E-state index contributed by atoms with van der Waals surface area (Å²) < 4.78 is 34.3. The molecule has 4 fully saturated rings. The molecule has 93 heavy (non-hydrogen) atoms. The van der Waals surface area contributed by atoms with Gasteiger partial charge >= 0.3 is 5.97 Å². The lowest BCUT2D eigenvalue weighted by Crippen LogP contribution is -2.49. The molecule has 4 saturated heterocycles. The summed E-state index contributed by atoms with van der Waals surface area (Å²) in [4.78, 5) is 47.9. The van der Waals surface area contributed by atoms with E-state index >= 15 is 0 Å². The molecule has 4 aliphatic heterocycles.